The van der Waals surface area contributed by atoms with Gasteiger partial charge in [0.25, 0.3) is 0 Å². The van der Waals surface area contributed by atoms with Crippen molar-refractivity contribution in [2.24, 2.45) is 5.41 Å². The van der Waals surface area contributed by atoms with Gasteiger partial charge in [0.15, 0.2) is 5.82 Å². The van der Waals surface area contributed by atoms with Crippen LogP contribution in [0.4, 0.5) is 17.3 Å². The molecule has 1 aromatic carbocycles. The van der Waals surface area contributed by atoms with Crippen LogP contribution in [0, 0.1) is 12.3 Å². The van der Waals surface area contributed by atoms with Crippen molar-refractivity contribution in [3.05, 3.63) is 71.8 Å². The number of hydrogen-bond donors (Lipinski definition) is 3. The van der Waals surface area contributed by atoms with Gasteiger partial charge in [0.05, 0.1) is 23.6 Å². The summed E-state index contributed by atoms with van der Waals surface area (Å²) in [7, 11) is 0. The molecule has 1 spiro atoms. The van der Waals surface area contributed by atoms with Crippen LogP contribution < -0.4 is 20.9 Å². The molecule has 5 heterocycles. The molecule has 0 bridgehead atoms. The highest BCUT2D eigenvalue weighted by Gasteiger charge is 2.37. The van der Waals surface area contributed by atoms with Crippen LogP contribution in [-0.2, 0) is 5.41 Å². The Balaban J connectivity index is 0.00000400. The maximum Gasteiger partial charge on any atom is 0.315 e. The molecule has 3 aromatic heterocycles. The lowest BCUT2D eigenvalue weighted by Crippen LogP contribution is -2.41. The Morgan fingerprint density at radius 3 is 2.49 bits per heavy atom. The molecule has 3 N–H and O–H groups in total. The van der Waals surface area contributed by atoms with Crippen LogP contribution in [0.15, 0.2) is 53.4 Å². The predicted octanol–water partition coefficient (Wildman–Crippen LogP) is 5.76. The Morgan fingerprint density at radius 2 is 1.84 bits per heavy atom. The standard InChI is InChI=1S/C33H41N9O2.ClH/c1-21-16-23(6-8-25(21)22(2)38-29(43)30-40-31(41-44-30)32(3,4)5)26-17-28(37-20-36-26)39-27-9-7-24(18-35-27)42-14-11-33(12-15-42)10-13-34-19-33;/h6-9,16-18,20,22,34H,10-15,19H2,1-5H3,(H,38,43)(H,35,36,37,39);1H/t22-;/m1./s1. The molecule has 6 rings (SSSR count). The van der Waals surface area contributed by atoms with Gasteiger partial charge >= 0.3 is 11.8 Å². The fourth-order valence-corrected chi connectivity index (χ4v) is 6.10. The minimum absolute atomic E-state index is 0. The van der Waals surface area contributed by atoms with E-state index in [0.717, 1.165) is 60.1 Å². The molecule has 12 heteroatoms. The molecule has 2 aliphatic heterocycles. The van der Waals surface area contributed by atoms with Gasteiger partial charge in [0, 0.05) is 36.7 Å². The number of carbonyl (C=O) groups is 1. The smallest absolute Gasteiger partial charge is 0.315 e. The van der Waals surface area contributed by atoms with Crippen LogP contribution in [0.2, 0.25) is 0 Å². The van der Waals surface area contributed by atoms with E-state index in [1.807, 2.05) is 65.1 Å². The first kappa shape index (κ1) is 32.3. The lowest BCUT2D eigenvalue weighted by molar-refractivity contribution is 0.0895. The first-order chi connectivity index (χ1) is 21.1. The van der Waals surface area contributed by atoms with Crippen molar-refractivity contribution in [3.8, 4) is 11.3 Å². The van der Waals surface area contributed by atoms with E-state index in [0.29, 0.717) is 17.1 Å². The molecule has 1 amide bonds. The molecule has 4 aromatic rings. The average molecular weight is 632 g/mol. The maximum absolute atomic E-state index is 12.8. The lowest BCUT2D eigenvalue weighted by Gasteiger charge is -2.39. The fourth-order valence-electron chi connectivity index (χ4n) is 6.10. The van der Waals surface area contributed by atoms with Crippen LogP contribution in [-0.4, -0.2) is 57.2 Å². The van der Waals surface area contributed by atoms with Gasteiger partial charge < -0.3 is 25.4 Å². The van der Waals surface area contributed by atoms with E-state index in [1.54, 1.807) is 6.33 Å². The molecule has 2 fully saturated rings. The van der Waals surface area contributed by atoms with Crippen LogP contribution in [0.1, 0.15) is 80.6 Å². The number of anilines is 3. The molecule has 238 valence electrons. The van der Waals surface area contributed by atoms with Gasteiger partial charge in [-0.3, -0.25) is 4.79 Å². The Kier molecular flexibility index (Phi) is 9.41. The van der Waals surface area contributed by atoms with E-state index in [1.165, 1.54) is 19.3 Å². The van der Waals surface area contributed by atoms with Crippen molar-refractivity contribution >= 4 is 35.6 Å². The highest BCUT2D eigenvalue weighted by molar-refractivity contribution is 5.89. The number of hydrogen-bond acceptors (Lipinski definition) is 10. The summed E-state index contributed by atoms with van der Waals surface area (Å²) in [6.07, 6.45) is 7.26. The topological polar surface area (TPSA) is 134 Å². The number of benzene rings is 1. The first-order valence-electron chi connectivity index (χ1n) is 15.4. The number of carbonyl (C=O) groups excluding carboxylic acids is 1. The number of nitrogens with one attached hydrogen (secondary N) is 3. The minimum atomic E-state index is -0.400. The Bertz CT molecular complexity index is 1620. The van der Waals surface area contributed by atoms with Gasteiger partial charge in [-0.2, -0.15) is 4.98 Å². The summed E-state index contributed by atoms with van der Waals surface area (Å²) in [4.78, 5) is 33.0. The molecule has 2 saturated heterocycles. The summed E-state index contributed by atoms with van der Waals surface area (Å²) in [6.45, 7) is 14.3. The lowest BCUT2D eigenvalue weighted by atomic mass is 9.78. The zero-order chi connectivity index (χ0) is 30.9. The zero-order valence-corrected chi connectivity index (χ0v) is 27.4. The van der Waals surface area contributed by atoms with E-state index >= 15 is 0 Å². The molecule has 11 nitrogen and oxygen atoms in total. The van der Waals surface area contributed by atoms with Crippen molar-refractivity contribution in [1.29, 1.82) is 0 Å². The number of rotatable bonds is 7. The number of aromatic nitrogens is 5. The van der Waals surface area contributed by atoms with Gasteiger partial charge in [-0.25, -0.2) is 15.0 Å². The quantitative estimate of drug-likeness (QED) is 0.231. The van der Waals surface area contributed by atoms with Crippen LogP contribution in [0.3, 0.4) is 0 Å². The van der Waals surface area contributed by atoms with Crippen molar-refractivity contribution in [1.82, 2.24) is 35.7 Å². The van der Waals surface area contributed by atoms with E-state index in [4.69, 9.17) is 4.52 Å². The molecule has 0 unspecified atom stereocenters. The normalized spacial score (nSPS) is 16.7. The number of amides is 1. The third-order valence-electron chi connectivity index (χ3n) is 8.86. The van der Waals surface area contributed by atoms with Gasteiger partial charge in [-0.15, -0.1) is 12.4 Å². The van der Waals surface area contributed by atoms with E-state index < -0.39 is 5.91 Å². The van der Waals surface area contributed by atoms with E-state index in [2.05, 4.69) is 58.1 Å². The monoisotopic (exact) mass is 631 g/mol. The summed E-state index contributed by atoms with van der Waals surface area (Å²) in [6, 6.07) is 11.9. The van der Waals surface area contributed by atoms with Crippen molar-refractivity contribution in [2.45, 2.75) is 65.3 Å². The number of piperidine rings is 1. The Hall–Kier alpha value is -4.09. The second-order valence-electron chi connectivity index (χ2n) is 13.2. The summed E-state index contributed by atoms with van der Waals surface area (Å²) in [5.41, 5.74) is 5.10. The van der Waals surface area contributed by atoms with Gasteiger partial charge in [0.1, 0.15) is 18.0 Å². The molecule has 45 heavy (non-hydrogen) atoms. The molecule has 0 saturated carbocycles. The summed E-state index contributed by atoms with van der Waals surface area (Å²) in [5.74, 6) is 1.46. The SMILES string of the molecule is Cc1cc(-c2cc(Nc3ccc(N4CCC5(CCNC5)CC4)cn3)ncn2)ccc1[C@@H](C)NC(=O)c1nc(C(C)(C)C)no1.Cl. The van der Waals surface area contributed by atoms with Crippen molar-refractivity contribution in [2.75, 3.05) is 36.4 Å². The molecule has 2 aliphatic rings. The zero-order valence-electron chi connectivity index (χ0n) is 26.6. The third-order valence-corrected chi connectivity index (χ3v) is 8.86. The van der Waals surface area contributed by atoms with Crippen LogP contribution in [0.25, 0.3) is 11.3 Å². The van der Waals surface area contributed by atoms with Crippen molar-refractivity contribution in [3.63, 3.8) is 0 Å². The average Bonchev–Trinajstić information content (AvgIpc) is 3.69. The Morgan fingerprint density at radius 1 is 1.04 bits per heavy atom. The van der Waals surface area contributed by atoms with Gasteiger partial charge in [-0.1, -0.05) is 38.1 Å². The van der Waals surface area contributed by atoms with E-state index in [9.17, 15) is 4.79 Å². The van der Waals surface area contributed by atoms with Crippen molar-refractivity contribution < 1.29 is 9.32 Å². The second-order valence-corrected chi connectivity index (χ2v) is 13.2. The highest BCUT2D eigenvalue weighted by atomic mass is 35.5. The number of halogens is 1. The maximum atomic E-state index is 12.8. The van der Waals surface area contributed by atoms with Crippen LogP contribution >= 0.6 is 12.4 Å². The molecule has 0 aliphatic carbocycles. The molecular weight excluding hydrogens is 590 g/mol. The largest absolute Gasteiger partial charge is 0.370 e. The fraction of sp³-hybridized carbons (Fsp3) is 0.455. The molecule has 0 radical (unpaired) electrons. The highest BCUT2D eigenvalue weighted by Crippen LogP contribution is 2.38. The van der Waals surface area contributed by atoms with E-state index in [-0.39, 0.29) is 29.8 Å². The van der Waals surface area contributed by atoms with Gasteiger partial charge in [0.2, 0.25) is 0 Å². The van der Waals surface area contributed by atoms with Gasteiger partial charge in [-0.05, 0) is 74.4 Å². The summed E-state index contributed by atoms with van der Waals surface area (Å²) >= 11 is 0. The number of pyridine rings is 1. The minimum Gasteiger partial charge on any atom is -0.370 e. The van der Waals surface area contributed by atoms with Crippen LogP contribution in [0.5, 0.6) is 0 Å². The first-order valence-corrected chi connectivity index (χ1v) is 15.4. The second kappa shape index (κ2) is 13.1. The number of aryl methyl sites for hydroxylation is 1. The predicted molar refractivity (Wildman–Crippen MR) is 177 cm³/mol. The molecular formula is C33H42ClN9O2. The third kappa shape index (κ3) is 7.26. The molecule has 1 atom stereocenters. The Labute approximate surface area is 270 Å². The summed E-state index contributed by atoms with van der Waals surface area (Å²) in [5, 5.41) is 13.8. The number of nitrogens with zero attached hydrogens (tertiary/aromatic N) is 6. The summed E-state index contributed by atoms with van der Waals surface area (Å²) < 4.78 is 5.20.